The molecule has 1 aliphatic heterocycles. The van der Waals surface area contributed by atoms with Gasteiger partial charge >= 0.3 is 6.09 Å². The molecule has 1 saturated heterocycles. The van der Waals surface area contributed by atoms with Gasteiger partial charge in [0.2, 0.25) is 0 Å². The Kier molecular flexibility index (Phi) is 5.39. The van der Waals surface area contributed by atoms with Crippen molar-refractivity contribution in [3.05, 3.63) is 54.1 Å². The molecule has 0 saturated carbocycles. The molecule has 5 nitrogen and oxygen atoms in total. The van der Waals surface area contributed by atoms with Crippen molar-refractivity contribution in [3.8, 4) is 0 Å². The zero-order chi connectivity index (χ0) is 17.8. The van der Waals surface area contributed by atoms with Gasteiger partial charge in [0, 0.05) is 25.2 Å². The summed E-state index contributed by atoms with van der Waals surface area (Å²) in [5.41, 5.74) is 0.906. The number of carbonyl (C=O) groups excluding carboxylic acids is 1. The normalized spacial score (nSPS) is 18.8. The smallest absolute Gasteiger partial charge is 0.407 e. The van der Waals surface area contributed by atoms with Gasteiger partial charge < -0.3 is 10.0 Å². The first kappa shape index (κ1) is 17.5. The van der Waals surface area contributed by atoms with Crippen molar-refractivity contribution in [2.45, 2.75) is 24.9 Å². The number of carbonyl (C=O) groups is 1. The van der Waals surface area contributed by atoms with E-state index in [1.165, 1.54) is 11.0 Å². The number of piperidine rings is 1. The van der Waals surface area contributed by atoms with E-state index in [4.69, 9.17) is 11.8 Å². The summed E-state index contributed by atoms with van der Waals surface area (Å²) in [5.74, 6) is 1.85. The average molecular weight is 359 g/mol. The predicted octanol–water partition coefficient (Wildman–Crippen LogP) is 3.87. The van der Waals surface area contributed by atoms with E-state index in [1.54, 1.807) is 4.42 Å². The first-order chi connectivity index (χ1) is 12.1. The van der Waals surface area contributed by atoms with Gasteiger partial charge in [0.25, 0.3) is 0 Å². The molecule has 25 heavy (non-hydrogen) atoms. The van der Waals surface area contributed by atoms with Crippen LogP contribution in [0.1, 0.15) is 24.4 Å². The van der Waals surface area contributed by atoms with Crippen molar-refractivity contribution in [2.24, 2.45) is 0 Å². The van der Waals surface area contributed by atoms with E-state index in [9.17, 15) is 14.7 Å². The first-order valence-corrected chi connectivity index (χ1v) is 8.56. The number of amides is 1. The lowest BCUT2D eigenvalue weighted by atomic mass is 9.96. The summed E-state index contributed by atoms with van der Waals surface area (Å²) in [6, 6.07) is 13.1. The molecule has 130 valence electrons. The minimum atomic E-state index is -0.942. The third-order valence-corrected chi connectivity index (χ3v) is 5.14. The number of rotatable bonds is 4. The molecule has 0 unspecified atom stereocenters. The molecule has 3 rings (SSSR count). The maximum Gasteiger partial charge on any atom is 0.407 e. The number of nitrogens with zero attached hydrogens (tertiary/aromatic N) is 2. The Labute approximate surface area is 151 Å². The zero-order valence-electron chi connectivity index (χ0n) is 13.6. The molecule has 6 heteroatoms. The van der Waals surface area contributed by atoms with Gasteiger partial charge in [-0.1, -0.05) is 42.5 Å². The highest BCUT2D eigenvalue weighted by atomic mass is 35.5. The second kappa shape index (κ2) is 7.70. The molecule has 0 spiro atoms. The van der Waals surface area contributed by atoms with Crippen molar-refractivity contribution >= 4 is 34.6 Å². The maximum atomic E-state index is 11.3. The lowest BCUT2D eigenvalue weighted by Crippen LogP contribution is -2.47. The minimum Gasteiger partial charge on any atom is -0.465 e. The quantitative estimate of drug-likeness (QED) is 0.665. The van der Waals surface area contributed by atoms with E-state index < -0.39 is 12.1 Å². The Balaban J connectivity index is 1.95. The van der Waals surface area contributed by atoms with Crippen LogP contribution < -0.4 is 0 Å². The number of carboxylic acid groups (broad SMARTS) is 1. The second-order valence-corrected chi connectivity index (χ2v) is 6.56. The van der Waals surface area contributed by atoms with E-state index in [2.05, 4.69) is 0 Å². The van der Waals surface area contributed by atoms with E-state index in [1.807, 2.05) is 48.4 Å². The van der Waals surface area contributed by atoms with Gasteiger partial charge in [-0.3, -0.25) is 0 Å². The van der Waals surface area contributed by atoms with Crippen LogP contribution in [-0.2, 0) is 4.79 Å². The summed E-state index contributed by atoms with van der Waals surface area (Å²) < 4.78 is 1.57. The standard InChI is InChI=1S/C19H19ClN2O3/c20-22(15-7-4-11-21(13-15)19(24)25)18(10-12-23)17-9-3-6-14-5-1-2-8-16(14)17/h1-3,5-6,8-10,15,18H,4,7,11,13H2,(H,24,25)/t15-,18-/m1/s1. The number of benzene rings is 2. The summed E-state index contributed by atoms with van der Waals surface area (Å²) in [5, 5.41) is 11.3. The largest absolute Gasteiger partial charge is 0.465 e. The molecule has 0 bridgehead atoms. The molecule has 1 amide bonds. The molecular formula is C19H19ClN2O3. The molecule has 0 aromatic heterocycles. The molecule has 1 fully saturated rings. The van der Waals surface area contributed by atoms with Gasteiger partial charge in [0.15, 0.2) is 0 Å². The summed E-state index contributed by atoms with van der Waals surface area (Å²) in [7, 11) is 0. The van der Waals surface area contributed by atoms with Crippen molar-refractivity contribution in [1.29, 1.82) is 0 Å². The van der Waals surface area contributed by atoms with Crippen molar-refractivity contribution < 1.29 is 14.7 Å². The van der Waals surface area contributed by atoms with Crippen LogP contribution >= 0.6 is 11.8 Å². The average Bonchev–Trinajstić information content (AvgIpc) is 2.65. The lowest BCUT2D eigenvalue weighted by Gasteiger charge is -2.37. The molecule has 1 heterocycles. The van der Waals surface area contributed by atoms with E-state index >= 15 is 0 Å². The third-order valence-electron chi connectivity index (χ3n) is 4.65. The molecule has 1 aliphatic rings. The Morgan fingerprint density at radius 3 is 2.84 bits per heavy atom. The number of hydrogen-bond donors (Lipinski definition) is 1. The van der Waals surface area contributed by atoms with Crippen LogP contribution in [0, 0.1) is 0 Å². The van der Waals surface area contributed by atoms with Gasteiger partial charge in [0.1, 0.15) is 5.94 Å². The highest BCUT2D eigenvalue weighted by molar-refractivity contribution is 6.14. The van der Waals surface area contributed by atoms with Gasteiger partial charge in [0.05, 0.1) is 6.04 Å². The molecule has 2 aromatic rings. The Bertz CT molecular complexity index is 814. The number of halogens is 1. The third kappa shape index (κ3) is 3.69. The van der Waals surface area contributed by atoms with Crippen LogP contribution in [0.15, 0.2) is 48.5 Å². The van der Waals surface area contributed by atoms with Crippen LogP contribution in [0.5, 0.6) is 0 Å². The van der Waals surface area contributed by atoms with E-state index in [0.717, 1.165) is 29.2 Å². The van der Waals surface area contributed by atoms with Gasteiger partial charge in [-0.25, -0.2) is 14.0 Å². The molecule has 1 N–H and O–H groups in total. The summed E-state index contributed by atoms with van der Waals surface area (Å²) in [6.07, 6.45) is 1.98. The fourth-order valence-corrected chi connectivity index (χ4v) is 3.74. The highest BCUT2D eigenvalue weighted by Crippen LogP contribution is 2.33. The lowest BCUT2D eigenvalue weighted by molar-refractivity contribution is 0.108. The van der Waals surface area contributed by atoms with Crippen LogP contribution in [0.25, 0.3) is 10.8 Å². The van der Waals surface area contributed by atoms with Gasteiger partial charge in [-0.15, -0.1) is 0 Å². The van der Waals surface area contributed by atoms with E-state index in [0.29, 0.717) is 13.1 Å². The van der Waals surface area contributed by atoms with Crippen LogP contribution in [0.2, 0.25) is 0 Å². The summed E-state index contributed by atoms with van der Waals surface area (Å²) >= 11 is 6.61. The Hall–Kier alpha value is -2.33. The number of likely N-dealkylation sites (tertiary alicyclic amines) is 1. The fraction of sp³-hybridized carbons (Fsp3) is 0.316. The minimum absolute atomic E-state index is 0.167. The van der Waals surface area contributed by atoms with E-state index in [-0.39, 0.29) is 6.04 Å². The highest BCUT2D eigenvalue weighted by Gasteiger charge is 2.31. The fourth-order valence-electron chi connectivity index (χ4n) is 3.42. The molecule has 2 aromatic carbocycles. The molecular weight excluding hydrogens is 340 g/mol. The van der Waals surface area contributed by atoms with Gasteiger partial charge in [-0.2, -0.15) is 0 Å². The van der Waals surface area contributed by atoms with Crippen LogP contribution in [-0.4, -0.2) is 45.6 Å². The number of hydrogen-bond acceptors (Lipinski definition) is 3. The van der Waals surface area contributed by atoms with Crippen LogP contribution in [0.4, 0.5) is 4.79 Å². The van der Waals surface area contributed by atoms with Gasteiger partial charge in [-0.05, 0) is 41.0 Å². The first-order valence-electron chi connectivity index (χ1n) is 8.22. The second-order valence-electron chi connectivity index (χ2n) is 6.17. The predicted molar refractivity (Wildman–Crippen MR) is 97.3 cm³/mol. The zero-order valence-corrected chi connectivity index (χ0v) is 14.4. The SMILES string of the molecule is O=C=C[C@H](c1cccc2ccccc12)N(Cl)[C@@H]1CCCN(C(=O)O)C1. The number of fused-ring (bicyclic) bond motifs is 1. The topological polar surface area (TPSA) is 60.9 Å². The van der Waals surface area contributed by atoms with Crippen molar-refractivity contribution in [1.82, 2.24) is 9.32 Å². The Morgan fingerprint density at radius 1 is 1.32 bits per heavy atom. The van der Waals surface area contributed by atoms with Crippen molar-refractivity contribution in [3.63, 3.8) is 0 Å². The molecule has 2 atom stereocenters. The molecule has 0 radical (unpaired) electrons. The Morgan fingerprint density at radius 2 is 2.08 bits per heavy atom. The van der Waals surface area contributed by atoms with Crippen molar-refractivity contribution in [2.75, 3.05) is 13.1 Å². The summed E-state index contributed by atoms with van der Waals surface area (Å²) in [4.78, 5) is 23.7. The summed E-state index contributed by atoms with van der Waals surface area (Å²) in [6.45, 7) is 0.839. The van der Waals surface area contributed by atoms with Crippen LogP contribution in [0.3, 0.4) is 0 Å². The maximum absolute atomic E-state index is 11.3. The molecule has 0 aliphatic carbocycles. The monoisotopic (exact) mass is 358 g/mol.